The number of carbonyl (C=O) groups is 1. The summed E-state index contributed by atoms with van der Waals surface area (Å²) in [7, 11) is 0. The molecule has 138 valence electrons. The molecule has 0 spiro atoms. The number of rotatable bonds is 4. The summed E-state index contributed by atoms with van der Waals surface area (Å²) in [5.74, 6) is 0. The maximum absolute atomic E-state index is 13.0. The van der Waals surface area contributed by atoms with Crippen molar-refractivity contribution in [2.24, 2.45) is 5.18 Å². The fourth-order valence-corrected chi connectivity index (χ4v) is 3.15. The second-order valence-electron chi connectivity index (χ2n) is 6.11. The van der Waals surface area contributed by atoms with Gasteiger partial charge in [-0.1, -0.05) is 18.2 Å². The molecule has 1 atom stereocenters. The Morgan fingerprint density at radius 2 is 2.00 bits per heavy atom. The zero-order valence-corrected chi connectivity index (χ0v) is 14.8. The second-order valence-corrected chi connectivity index (χ2v) is 6.11. The molecule has 8 heteroatoms. The fourth-order valence-electron chi connectivity index (χ4n) is 3.15. The Morgan fingerprint density at radius 3 is 2.64 bits per heavy atom. The van der Waals surface area contributed by atoms with Gasteiger partial charge in [0.1, 0.15) is 12.4 Å². The lowest BCUT2D eigenvalue weighted by Gasteiger charge is -2.34. The molecule has 0 aromatic heterocycles. The first-order valence-electron chi connectivity index (χ1n) is 8.27. The lowest BCUT2D eigenvalue weighted by Crippen LogP contribution is -2.46. The monoisotopic (exact) mass is 375 g/mol. The van der Waals surface area contributed by atoms with E-state index in [1.54, 1.807) is 25.1 Å². The van der Waals surface area contributed by atoms with Gasteiger partial charge in [0.2, 0.25) is 0 Å². The van der Waals surface area contributed by atoms with Gasteiger partial charge in [-0.25, -0.2) is 9.18 Å². The fraction of sp³-hybridized carbons (Fsp3) is 0.150. The van der Waals surface area contributed by atoms with Crippen molar-refractivity contribution in [3.05, 3.63) is 75.3 Å². The number of urea groups is 1. The molecule has 2 amide bonds. The molecule has 28 heavy (non-hydrogen) atoms. The van der Waals surface area contributed by atoms with Gasteiger partial charge in [-0.05, 0) is 41.9 Å². The summed E-state index contributed by atoms with van der Waals surface area (Å²) in [6.07, 6.45) is 0. The van der Waals surface area contributed by atoms with Gasteiger partial charge in [0, 0.05) is 11.3 Å². The molecule has 1 N–H and O–H groups in total. The first-order chi connectivity index (χ1) is 13.5. The van der Waals surface area contributed by atoms with Crippen molar-refractivity contribution in [2.75, 3.05) is 4.90 Å². The van der Waals surface area contributed by atoms with Crippen LogP contribution in [0.2, 0.25) is 0 Å². The highest BCUT2D eigenvalue weighted by Crippen LogP contribution is 2.37. The molecule has 7 nitrogen and oxygen atoms in total. The van der Waals surface area contributed by atoms with Crippen molar-refractivity contribution in [2.45, 2.75) is 19.6 Å². The Kier molecular flexibility index (Phi) is 5.14. The van der Waals surface area contributed by atoms with E-state index in [0.29, 0.717) is 22.5 Å². The Labute approximate surface area is 160 Å². The minimum absolute atomic E-state index is 0.0298. The van der Waals surface area contributed by atoms with Gasteiger partial charge in [-0.2, -0.15) is 10.5 Å². The van der Waals surface area contributed by atoms with Crippen LogP contribution in [-0.2, 0) is 6.67 Å². The molecular formula is C20H14FN5O2. The molecule has 1 aliphatic rings. The normalized spacial score (nSPS) is 16.2. The summed E-state index contributed by atoms with van der Waals surface area (Å²) in [6, 6.07) is 13.2. The van der Waals surface area contributed by atoms with Gasteiger partial charge in [-0.3, -0.25) is 4.90 Å². The maximum atomic E-state index is 13.0. The molecule has 2 aromatic carbocycles. The van der Waals surface area contributed by atoms with Crippen molar-refractivity contribution >= 4 is 17.4 Å². The van der Waals surface area contributed by atoms with E-state index in [0.717, 1.165) is 0 Å². The van der Waals surface area contributed by atoms with Gasteiger partial charge >= 0.3 is 6.03 Å². The lowest BCUT2D eigenvalue weighted by atomic mass is 9.93. The number of allylic oxidation sites excluding steroid dienone is 1. The van der Waals surface area contributed by atoms with Crippen LogP contribution in [0.4, 0.5) is 20.6 Å². The largest absolute Gasteiger partial charge is 0.327 e. The summed E-state index contributed by atoms with van der Waals surface area (Å²) in [6.45, 7) is 0.920. The van der Waals surface area contributed by atoms with Gasteiger partial charge in [-0.15, -0.1) is 4.91 Å². The zero-order valence-electron chi connectivity index (χ0n) is 14.8. The van der Waals surface area contributed by atoms with E-state index in [1.165, 1.54) is 29.2 Å². The third kappa shape index (κ3) is 3.19. The first-order valence-corrected chi connectivity index (χ1v) is 8.27. The maximum Gasteiger partial charge on any atom is 0.327 e. The number of alkyl halides is 1. The van der Waals surface area contributed by atoms with Gasteiger partial charge in [0.05, 0.1) is 35.0 Å². The highest BCUT2D eigenvalue weighted by molar-refractivity contribution is 5.97. The molecule has 0 radical (unpaired) electrons. The van der Waals surface area contributed by atoms with E-state index in [2.05, 4.69) is 16.6 Å². The molecule has 2 aromatic rings. The van der Waals surface area contributed by atoms with Crippen LogP contribution in [0.5, 0.6) is 0 Å². The quantitative estimate of drug-likeness (QED) is 0.794. The summed E-state index contributed by atoms with van der Waals surface area (Å²) in [4.78, 5) is 25.3. The van der Waals surface area contributed by atoms with Crippen LogP contribution in [0.1, 0.15) is 29.7 Å². The molecule has 0 saturated carbocycles. The molecule has 3 rings (SSSR count). The molecule has 1 heterocycles. The molecule has 1 aliphatic heterocycles. The van der Waals surface area contributed by atoms with Crippen LogP contribution in [0, 0.1) is 27.6 Å². The summed E-state index contributed by atoms with van der Waals surface area (Å²) < 4.78 is 13.0. The Hall–Kier alpha value is -4.04. The van der Waals surface area contributed by atoms with Crippen LogP contribution in [0.15, 0.2) is 58.9 Å². The van der Waals surface area contributed by atoms with E-state index in [4.69, 9.17) is 5.26 Å². The van der Waals surface area contributed by atoms with E-state index >= 15 is 0 Å². The van der Waals surface area contributed by atoms with Crippen LogP contribution < -0.4 is 10.2 Å². The van der Waals surface area contributed by atoms with Crippen LogP contribution in [0.25, 0.3) is 0 Å². The Morgan fingerprint density at radius 1 is 1.21 bits per heavy atom. The average Bonchev–Trinajstić information content (AvgIpc) is 2.73. The van der Waals surface area contributed by atoms with E-state index in [9.17, 15) is 19.4 Å². The third-order valence-corrected chi connectivity index (χ3v) is 4.50. The summed E-state index contributed by atoms with van der Waals surface area (Å²) >= 11 is 0. The van der Waals surface area contributed by atoms with Crippen LogP contribution in [0.3, 0.4) is 0 Å². The first kappa shape index (κ1) is 18.7. The third-order valence-electron chi connectivity index (χ3n) is 4.50. The molecular weight excluding hydrogens is 361 g/mol. The van der Waals surface area contributed by atoms with Crippen molar-refractivity contribution in [3.8, 4) is 12.1 Å². The smallest absolute Gasteiger partial charge is 0.326 e. The highest BCUT2D eigenvalue weighted by atomic mass is 19.1. The standard InChI is InChI=1S/C20H14FN5O2/c1-12-17(11-23)19(16-6-5-14(10-22)8-18(16)25-28)24-20(27)26(12)15-4-2-3-13(7-15)9-21/h2-8,19H,9H2,1H3,(H,24,27)/t19-/m1/s1. The SMILES string of the molecule is CC1=C(C#N)[C@@H](c2ccc(C#N)cc2N=O)NC(=O)N1c1cccc(CF)c1. The summed E-state index contributed by atoms with van der Waals surface area (Å²) in [5, 5.41) is 24.3. The van der Waals surface area contributed by atoms with E-state index in [-0.39, 0.29) is 16.8 Å². The predicted molar refractivity (Wildman–Crippen MR) is 99.9 cm³/mol. The van der Waals surface area contributed by atoms with Gasteiger partial charge < -0.3 is 5.32 Å². The zero-order chi connectivity index (χ0) is 20.3. The van der Waals surface area contributed by atoms with Gasteiger partial charge in [0.25, 0.3) is 0 Å². The van der Waals surface area contributed by atoms with E-state index in [1.807, 2.05) is 6.07 Å². The van der Waals surface area contributed by atoms with Crippen molar-refractivity contribution in [3.63, 3.8) is 0 Å². The topological polar surface area (TPSA) is 109 Å². The molecule has 0 saturated heterocycles. The predicted octanol–water partition coefficient (Wildman–Crippen LogP) is 4.49. The number of anilines is 1. The number of halogens is 1. The number of nitrogens with one attached hydrogen (secondary N) is 1. The average molecular weight is 375 g/mol. The van der Waals surface area contributed by atoms with E-state index < -0.39 is 18.7 Å². The molecule has 0 aliphatic carbocycles. The highest BCUT2D eigenvalue weighted by Gasteiger charge is 2.34. The van der Waals surface area contributed by atoms with Crippen LogP contribution in [-0.4, -0.2) is 6.03 Å². The molecule has 0 fully saturated rings. The van der Waals surface area contributed by atoms with Crippen molar-refractivity contribution in [1.82, 2.24) is 5.32 Å². The van der Waals surface area contributed by atoms with Crippen molar-refractivity contribution in [1.29, 1.82) is 10.5 Å². The number of benzene rings is 2. The van der Waals surface area contributed by atoms with Crippen molar-refractivity contribution < 1.29 is 9.18 Å². The second kappa shape index (κ2) is 7.68. The Bertz CT molecular complexity index is 1080. The number of nitroso groups, excluding NO2 is 1. The minimum Gasteiger partial charge on any atom is -0.326 e. The number of nitriles is 2. The minimum atomic E-state index is -0.890. The molecule has 0 unspecified atom stereocenters. The number of hydrogen-bond donors (Lipinski definition) is 1. The lowest BCUT2D eigenvalue weighted by molar-refractivity contribution is 0.244. The number of hydrogen-bond acceptors (Lipinski definition) is 5. The van der Waals surface area contributed by atoms with Crippen LogP contribution >= 0.6 is 0 Å². The van der Waals surface area contributed by atoms with Gasteiger partial charge in [0.15, 0.2) is 0 Å². The molecule has 0 bridgehead atoms. The number of carbonyl (C=O) groups excluding carboxylic acids is 1. The summed E-state index contributed by atoms with van der Waals surface area (Å²) in [5.41, 5.74) is 1.91. The number of nitrogens with zero attached hydrogens (tertiary/aromatic N) is 4. The Balaban J connectivity index is 2.12. The number of amides is 2.